The van der Waals surface area contributed by atoms with E-state index in [9.17, 15) is 9.59 Å². The summed E-state index contributed by atoms with van der Waals surface area (Å²) in [4.78, 5) is 24.0. The minimum Gasteiger partial charge on any atom is -0.459 e. The Morgan fingerprint density at radius 2 is 1.86 bits per heavy atom. The first-order valence-corrected chi connectivity index (χ1v) is 10.9. The molecule has 4 fully saturated rings. The van der Waals surface area contributed by atoms with Crippen LogP contribution in [0.5, 0.6) is 0 Å². The van der Waals surface area contributed by atoms with Crippen molar-refractivity contribution in [3.8, 4) is 0 Å². The molecule has 0 unspecified atom stereocenters. The van der Waals surface area contributed by atoms with Gasteiger partial charge < -0.3 is 15.1 Å². The minimum atomic E-state index is -0.321. The lowest BCUT2D eigenvalue weighted by Crippen LogP contribution is -2.48. The van der Waals surface area contributed by atoms with Crippen molar-refractivity contribution in [1.82, 2.24) is 15.5 Å². The number of nitrogens with one attached hydrogen (secondary N) is 2. The van der Waals surface area contributed by atoms with Gasteiger partial charge in [-0.25, -0.2) is 0 Å². The van der Waals surface area contributed by atoms with Gasteiger partial charge in [-0.05, 0) is 68.4 Å². The van der Waals surface area contributed by atoms with Crippen LogP contribution in [-0.2, 0) is 10.2 Å². The molecule has 2 amide bonds. The summed E-state index contributed by atoms with van der Waals surface area (Å²) in [6.45, 7) is 0.242. The number of carbonyl (C=O) groups excluding carboxylic acids is 2. The fourth-order valence-corrected chi connectivity index (χ4v) is 6.80. The van der Waals surface area contributed by atoms with Gasteiger partial charge in [0.25, 0.3) is 5.91 Å². The maximum atomic E-state index is 12.2. The molecule has 0 spiro atoms. The molecule has 0 aliphatic heterocycles. The molecule has 4 bridgehead atoms. The van der Waals surface area contributed by atoms with Crippen LogP contribution in [0, 0.1) is 17.8 Å². The number of hydrogen-bond donors (Lipinski definition) is 2. The highest BCUT2D eigenvalue weighted by molar-refractivity contribution is 7.15. The summed E-state index contributed by atoms with van der Waals surface area (Å²) in [5.74, 6) is 2.30. The first kappa shape index (κ1) is 17.8. The van der Waals surface area contributed by atoms with Crippen molar-refractivity contribution in [2.75, 3.05) is 11.9 Å². The van der Waals surface area contributed by atoms with Crippen molar-refractivity contribution in [3.63, 3.8) is 0 Å². The Bertz CT molecular complexity index is 841. The summed E-state index contributed by atoms with van der Waals surface area (Å²) in [6.07, 6.45) is 9.51. The summed E-state index contributed by atoms with van der Waals surface area (Å²) in [5, 5.41) is 15.9. The molecular formula is C20H24N4O3S. The summed E-state index contributed by atoms with van der Waals surface area (Å²) in [6, 6.07) is 3.24. The summed E-state index contributed by atoms with van der Waals surface area (Å²) in [5.41, 5.74) is 0.201. The SMILES string of the molecule is O=C(CCNC(=O)c1ccco1)Nc1nnc(C23CC4CC(CC(C4)C2)C3)s1. The molecule has 0 radical (unpaired) electrons. The van der Waals surface area contributed by atoms with Crippen molar-refractivity contribution in [3.05, 3.63) is 29.2 Å². The van der Waals surface area contributed by atoms with Crippen LogP contribution in [0.2, 0.25) is 0 Å². The van der Waals surface area contributed by atoms with Gasteiger partial charge in [0, 0.05) is 18.4 Å². The van der Waals surface area contributed by atoms with Gasteiger partial charge in [-0.1, -0.05) is 11.3 Å². The molecule has 2 aromatic heterocycles. The fraction of sp³-hybridized carbons (Fsp3) is 0.600. The van der Waals surface area contributed by atoms with E-state index in [1.165, 1.54) is 56.1 Å². The topological polar surface area (TPSA) is 97.1 Å². The number of nitrogens with zero attached hydrogens (tertiary/aromatic N) is 2. The van der Waals surface area contributed by atoms with Gasteiger partial charge in [0.2, 0.25) is 11.0 Å². The first-order valence-electron chi connectivity index (χ1n) is 10.1. The third-order valence-corrected chi connectivity index (χ3v) is 7.63. The highest BCUT2D eigenvalue weighted by atomic mass is 32.1. The Morgan fingerprint density at radius 1 is 1.14 bits per heavy atom. The zero-order valence-corrected chi connectivity index (χ0v) is 16.5. The normalized spacial score (nSPS) is 30.4. The van der Waals surface area contributed by atoms with Gasteiger partial charge in [-0.3, -0.25) is 9.59 Å². The molecule has 4 saturated carbocycles. The first-order chi connectivity index (χ1) is 13.6. The van der Waals surface area contributed by atoms with Crippen molar-refractivity contribution < 1.29 is 14.0 Å². The number of anilines is 1. The predicted molar refractivity (Wildman–Crippen MR) is 104 cm³/mol. The van der Waals surface area contributed by atoms with Gasteiger partial charge in [-0.15, -0.1) is 10.2 Å². The number of aromatic nitrogens is 2. The Balaban J connectivity index is 1.16. The molecule has 2 N–H and O–H groups in total. The summed E-state index contributed by atoms with van der Waals surface area (Å²) >= 11 is 1.53. The second-order valence-electron chi connectivity index (χ2n) is 8.64. The standard InChI is InChI=1S/C20H24N4O3S/c25-16(3-4-21-17(26)15-2-1-5-27-15)22-19-24-23-18(28-19)20-9-12-6-13(10-20)8-14(7-12)11-20/h1-2,5,12-14H,3-4,6-11H2,(H,21,26)(H,22,24,25). The van der Waals surface area contributed by atoms with E-state index in [1.807, 2.05) is 0 Å². The molecule has 7 nitrogen and oxygen atoms in total. The molecule has 2 heterocycles. The Kier molecular flexibility index (Phi) is 4.45. The number of furan rings is 1. The Hall–Kier alpha value is -2.22. The zero-order valence-electron chi connectivity index (χ0n) is 15.6. The molecule has 0 aromatic carbocycles. The molecule has 0 atom stereocenters. The van der Waals surface area contributed by atoms with Crippen molar-refractivity contribution in [2.24, 2.45) is 17.8 Å². The summed E-state index contributed by atoms with van der Waals surface area (Å²) in [7, 11) is 0. The molecule has 8 heteroatoms. The fourth-order valence-electron chi connectivity index (χ4n) is 5.83. The molecule has 148 valence electrons. The van der Waals surface area contributed by atoms with E-state index in [-0.39, 0.29) is 36.0 Å². The van der Waals surface area contributed by atoms with E-state index in [0.29, 0.717) is 5.13 Å². The second-order valence-corrected chi connectivity index (χ2v) is 9.62. The molecular weight excluding hydrogens is 376 g/mol. The average molecular weight is 401 g/mol. The lowest BCUT2D eigenvalue weighted by molar-refractivity contribution is -0.116. The molecule has 2 aromatic rings. The maximum Gasteiger partial charge on any atom is 0.286 e. The lowest BCUT2D eigenvalue weighted by Gasteiger charge is -2.55. The van der Waals surface area contributed by atoms with Gasteiger partial charge in [0.05, 0.1) is 6.26 Å². The predicted octanol–water partition coefficient (Wildman–Crippen LogP) is 3.36. The van der Waals surface area contributed by atoms with Crippen LogP contribution < -0.4 is 10.6 Å². The van der Waals surface area contributed by atoms with Crippen LogP contribution in [0.3, 0.4) is 0 Å². The van der Waals surface area contributed by atoms with Crippen LogP contribution in [0.4, 0.5) is 5.13 Å². The number of carbonyl (C=O) groups is 2. The van der Waals surface area contributed by atoms with Crippen LogP contribution in [-0.4, -0.2) is 28.6 Å². The van der Waals surface area contributed by atoms with E-state index in [1.54, 1.807) is 12.1 Å². The Morgan fingerprint density at radius 3 is 2.50 bits per heavy atom. The summed E-state index contributed by atoms with van der Waals surface area (Å²) < 4.78 is 5.02. The van der Waals surface area contributed by atoms with Crippen LogP contribution in [0.25, 0.3) is 0 Å². The van der Waals surface area contributed by atoms with Crippen LogP contribution in [0.1, 0.15) is 60.5 Å². The number of amides is 2. The monoisotopic (exact) mass is 400 g/mol. The average Bonchev–Trinajstić information content (AvgIpc) is 3.33. The number of rotatable bonds is 6. The molecule has 4 aliphatic rings. The Labute approximate surface area is 167 Å². The lowest BCUT2D eigenvalue weighted by atomic mass is 9.50. The quantitative estimate of drug-likeness (QED) is 0.775. The van der Waals surface area contributed by atoms with Crippen molar-refractivity contribution in [1.29, 1.82) is 0 Å². The molecule has 4 aliphatic carbocycles. The zero-order chi connectivity index (χ0) is 19.1. The number of hydrogen-bond acceptors (Lipinski definition) is 6. The smallest absolute Gasteiger partial charge is 0.286 e. The maximum absolute atomic E-state index is 12.2. The highest BCUT2D eigenvalue weighted by Gasteiger charge is 2.53. The second kappa shape index (κ2) is 6.99. The third-order valence-electron chi connectivity index (χ3n) is 6.55. The van der Waals surface area contributed by atoms with Crippen LogP contribution >= 0.6 is 11.3 Å². The van der Waals surface area contributed by atoms with E-state index >= 15 is 0 Å². The van der Waals surface area contributed by atoms with Gasteiger partial charge in [0.15, 0.2) is 5.76 Å². The van der Waals surface area contributed by atoms with E-state index in [4.69, 9.17) is 4.42 Å². The van der Waals surface area contributed by atoms with Gasteiger partial charge in [0.1, 0.15) is 5.01 Å². The third kappa shape index (κ3) is 3.34. The van der Waals surface area contributed by atoms with Crippen LogP contribution in [0.15, 0.2) is 22.8 Å². The van der Waals surface area contributed by atoms with E-state index < -0.39 is 0 Å². The van der Waals surface area contributed by atoms with E-state index in [2.05, 4.69) is 20.8 Å². The molecule has 0 saturated heterocycles. The largest absolute Gasteiger partial charge is 0.459 e. The van der Waals surface area contributed by atoms with E-state index in [0.717, 1.165) is 22.8 Å². The highest BCUT2D eigenvalue weighted by Crippen LogP contribution is 2.61. The molecule has 6 rings (SSSR count). The van der Waals surface area contributed by atoms with Crippen molar-refractivity contribution in [2.45, 2.75) is 50.4 Å². The molecule has 28 heavy (non-hydrogen) atoms. The van der Waals surface area contributed by atoms with Gasteiger partial charge >= 0.3 is 0 Å². The van der Waals surface area contributed by atoms with Crippen molar-refractivity contribution >= 4 is 28.3 Å². The van der Waals surface area contributed by atoms with Gasteiger partial charge in [-0.2, -0.15) is 0 Å². The minimum absolute atomic E-state index is 0.173.